The minimum Gasteiger partial charge on any atom is -0.275 e. The molecule has 3 heteroatoms. The van der Waals surface area contributed by atoms with Crippen LogP contribution >= 0.6 is 0 Å². The molecule has 0 aliphatic rings. The number of hydrogen-bond donors (Lipinski definition) is 0. The summed E-state index contributed by atoms with van der Waals surface area (Å²) < 4.78 is 1.79. The van der Waals surface area contributed by atoms with Crippen molar-refractivity contribution >= 4 is 0 Å². The Balaban J connectivity index is 2.40. The van der Waals surface area contributed by atoms with Crippen LogP contribution in [0.25, 0.3) is 11.1 Å². The van der Waals surface area contributed by atoms with Crippen molar-refractivity contribution in [3.63, 3.8) is 0 Å². The number of benzene rings is 1. The van der Waals surface area contributed by atoms with E-state index < -0.39 is 0 Å². The summed E-state index contributed by atoms with van der Waals surface area (Å²) in [5, 5.41) is 12.8. The normalized spacial score (nSPS) is 10.1. The second-order valence-corrected chi connectivity index (χ2v) is 3.89. The molecule has 0 saturated carbocycles. The third-order valence-electron chi connectivity index (χ3n) is 2.59. The van der Waals surface area contributed by atoms with E-state index in [0.717, 1.165) is 11.1 Å². The van der Waals surface area contributed by atoms with E-state index in [-0.39, 0.29) is 0 Å². The van der Waals surface area contributed by atoms with Gasteiger partial charge in [0.2, 0.25) is 0 Å². The summed E-state index contributed by atoms with van der Waals surface area (Å²) in [5.74, 6) is 0. The molecule has 0 N–H and O–H groups in total. The van der Waals surface area contributed by atoms with Gasteiger partial charge in [-0.2, -0.15) is 10.4 Å². The fourth-order valence-corrected chi connectivity index (χ4v) is 1.81. The predicted octanol–water partition coefficient (Wildman–Crippen LogP) is 2.46. The zero-order valence-corrected chi connectivity index (χ0v) is 9.44. The number of hydrogen-bond acceptors (Lipinski definition) is 2. The van der Waals surface area contributed by atoms with Crippen LogP contribution in [0.2, 0.25) is 0 Å². The lowest BCUT2D eigenvalue weighted by molar-refractivity contribution is 0.768. The Morgan fingerprint density at radius 3 is 2.81 bits per heavy atom. The van der Waals surface area contributed by atoms with Crippen molar-refractivity contribution in [2.45, 2.75) is 13.3 Å². The lowest BCUT2D eigenvalue weighted by Crippen LogP contribution is -1.87. The third-order valence-corrected chi connectivity index (χ3v) is 2.59. The second-order valence-electron chi connectivity index (χ2n) is 3.89. The van der Waals surface area contributed by atoms with Crippen LogP contribution in [-0.2, 0) is 13.5 Å². The molecule has 0 radical (unpaired) electrons. The predicted molar refractivity (Wildman–Crippen MR) is 62.7 cm³/mol. The summed E-state index contributed by atoms with van der Waals surface area (Å²) >= 11 is 0. The lowest BCUT2D eigenvalue weighted by atomic mass is 10.00. The van der Waals surface area contributed by atoms with E-state index in [2.05, 4.69) is 30.2 Å². The standard InChI is InChI=1S/C13H13N3/c1-10-7-11(5-6-14)3-4-13(10)12-8-15-16(2)9-12/h3-4,7-9H,5H2,1-2H3. The molecule has 1 aromatic carbocycles. The highest BCUT2D eigenvalue weighted by atomic mass is 15.2. The molecule has 0 fully saturated rings. The topological polar surface area (TPSA) is 41.6 Å². The summed E-state index contributed by atoms with van der Waals surface area (Å²) in [4.78, 5) is 0. The van der Waals surface area contributed by atoms with Gasteiger partial charge in [-0.05, 0) is 23.6 Å². The number of aromatic nitrogens is 2. The number of nitrogens with zero attached hydrogens (tertiary/aromatic N) is 3. The summed E-state index contributed by atoms with van der Waals surface area (Å²) in [7, 11) is 1.91. The fraction of sp³-hybridized carbons (Fsp3) is 0.231. The van der Waals surface area contributed by atoms with Crippen molar-refractivity contribution in [1.29, 1.82) is 5.26 Å². The summed E-state index contributed by atoms with van der Waals surface area (Å²) in [5.41, 5.74) is 4.53. The van der Waals surface area contributed by atoms with Gasteiger partial charge in [-0.3, -0.25) is 4.68 Å². The van der Waals surface area contributed by atoms with Crippen LogP contribution in [0.5, 0.6) is 0 Å². The molecular formula is C13H13N3. The van der Waals surface area contributed by atoms with Crippen LogP contribution in [0.1, 0.15) is 11.1 Å². The van der Waals surface area contributed by atoms with Gasteiger partial charge in [-0.15, -0.1) is 0 Å². The van der Waals surface area contributed by atoms with Crippen LogP contribution in [0.4, 0.5) is 0 Å². The molecule has 0 atom stereocenters. The zero-order chi connectivity index (χ0) is 11.5. The lowest BCUT2D eigenvalue weighted by Gasteiger charge is -2.04. The van der Waals surface area contributed by atoms with Crippen molar-refractivity contribution in [3.8, 4) is 17.2 Å². The van der Waals surface area contributed by atoms with Gasteiger partial charge < -0.3 is 0 Å². The van der Waals surface area contributed by atoms with Gasteiger partial charge >= 0.3 is 0 Å². The van der Waals surface area contributed by atoms with Gasteiger partial charge in [0, 0.05) is 18.8 Å². The molecule has 2 aromatic rings. The SMILES string of the molecule is Cc1cc(CC#N)ccc1-c1cnn(C)c1. The molecule has 0 aliphatic heterocycles. The molecule has 0 aliphatic carbocycles. The van der Waals surface area contributed by atoms with Gasteiger partial charge in [0.15, 0.2) is 0 Å². The van der Waals surface area contributed by atoms with Gasteiger partial charge in [0.1, 0.15) is 0 Å². The quantitative estimate of drug-likeness (QED) is 0.765. The Hall–Kier alpha value is -2.08. The molecule has 1 aromatic heterocycles. The van der Waals surface area contributed by atoms with E-state index in [0.29, 0.717) is 6.42 Å². The molecule has 3 nitrogen and oxygen atoms in total. The highest BCUT2D eigenvalue weighted by Gasteiger charge is 2.04. The number of aryl methyl sites for hydroxylation is 2. The van der Waals surface area contributed by atoms with E-state index in [4.69, 9.17) is 5.26 Å². The van der Waals surface area contributed by atoms with Crippen LogP contribution in [-0.4, -0.2) is 9.78 Å². The van der Waals surface area contributed by atoms with Crippen molar-refractivity contribution in [1.82, 2.24) is 9.78 Å². The zero-order valence-electron chi connectivity index (χ0n) is 9.44. The molecular weight excluding hydrogens is 198 g/mol. The van der Waals surface area contributed by atoms with Crippen molar-refractivity contribution in [3.05, 3.63) is 41.7 Å². The minimum absolute atomic E-state index is 0.466. The molecule has 0 amide bonds. The third kappa shape index (κ3) is 1.96. The smallest absolute Gasteiger partial charge is 0.0669 e. The first-order valence-corrected chi connectivity index (χ1v) is 5.16. The van der Waals surface area contributed by atoms with E-state index in [1.807, 2.05) is 25.5 Å². The van der Waals surface area contributed by atoms with Crippen molar-refractivity contribution in [2.24, 2.45) is 7.05 Å². The highest BCUT2D eigenvalue weighted by Crippen LogP contribution is 2.23. The molecule has 0 unspecified atom stereocenters. The molecule has 0 saturated heterocycles. The first-order chi connectivity index (χ1) is 7.70. The Labute approximate surface area is 94.9 Å². The Kier molecular flexibility index (Phi) is 2.74. The molecule has 16 heavy (non-hydrogen) atoms. The summed E-state index contributed by atoms with van der Waals surface area (Å²) in [6.45, 7) is 2.06. The average molecular weight is 211 g/mol. The summed E-state index contributed by atoms with van der Waals surface area (Å²) in [6.07, 6.45) is 4.31. The molecule has 80 valence electrons. The van der Waals surface area contributed by atoms with Crippen molar-refractivity contribution < 1.29 is 0 Å². The van der Waals surface area contributed by atoms with Crippen LogP contribution in [0.3, 0.4) is 0 Å². The monoisotopic (exact) mass is 211 g/mol. The maximum atomic E-state index is 8.64. The Bertz CT molecular complexity index is 547. The Morgan fingerprint density at radius 2 is 2.25 bits per heavy atom. The Morgan fingerprint density at radius 1 is 1.44 bits per heavy atom. The van der Waals surface area contributed by atoms with E-state index in [9.17, 15) is 0 Å². The van der Waals surface area contributed by atoms with Gasteiger partial charge in [0.05, 0.1) is 18.7 Å². The first-order valence-electron chi connectivity index (χ1n) is 5.16. The molecule has 2 rings (SSSR count). The van der Waals surface area contributed by atoms with Crippen LogP contribution in [0.15, 0.2) is 30.6 Å². The van der Waals surface area contributed by atoms with E-state index in [1.165, 1.54) is 11.1 Å². The maximum absolute atomic E-state index is 8.64. The minimum atomic E-state index is 0.466. The molecule has 0 bridgehead atoms. The van der Waals surface area contributed by atoms with Gasteiger partial charge in [0.25, 0.3) is 0 Å². The van der Waals surface area contributed by atoms with E-state index in [1.54, 1.807) is 4.68 Å². The van der Waals surface area contributed by atoms with Gasteiger partial charge in [-0.1, -0.05) is 18.2 Å². The molecule has 0 spiro atoms. The second kappa shape index (κ2) is 4.19. The van der Waals surface area contributed by atoms with Crippen molar-refractivity contribution in [2.75, 3.05) is 0 Å². The summed E-state index contributed by atoms with van der Waals surface area (Å²) in [6, 6.07) is 8.27. The maximum Gasteiger partial charge on any atom is 0.0669 e. The number of nitriles is 1. The largest absolute Gasteiger partial charge is 0.275 e. The molecule has 1 heterocycles. The van der Waals surface area contributed by atoms with E-state index >= 15 is 0 Å². The number of rotatable bonds is 2. The average Bonchev–Trinajstić information content (AvgIpc) is 2.65. The fourth-order valence-electron chi connectivity index (χ4n) is 1.81. The van der Waals surface area contributed by atoms with Crippen LogP contribution in [0, 0.1) is 18.3 Å². The van der Waals surface area contributed by atoms with Gasteiger partial charge in [-0.25, -0.2) is 0 Å². The first kappa shape index (κ1) is 10.4. The van der Waals surface area contributed by atoms with Crippen LogP contribution < -0.4 is 0 Å². The highest BCUT2D eigenvalue weighted by molar-refractivity contribution is 5.66.